The second kappa shape index (κ2) is 6.64. The van der Waals surface area contributed by atoms with Crippen molar-refractivity contribution in [2.75, 3.05) is 37.7 Å². The first kappa shape index (κ1) is 16.8. The van der Waals surface area contributed by atoms with Gasteiger partial charge in [-0.3, -0.25) is 9.78 Å². The minimum atomic E-state index is 0.0711. The van der Waals surface area contributed by atoms with Gasteiger partial charge in [-0.15, -0.1) is 0 Å². The first-order valence-electron chi connectivity index (χ1n) is 9.90. The van der Waals surface area contributed by atoms with Crippen LogP contribution in [-0.4, -0.2) is 48.6 Å². The van der Waals surface area contributed by atoms with Crippen molar-refractivity contribution in [3.8, 4) is 0 Å². The van der Waals surface area contributed by atoms with E-state index >= 15 is 0 Å². The predicted octanol–water partition coefficient (Wildman–Crippen LogP) is 3.13. The number of benzene rings is 1. The Bertz CT molecular complexity index is 824. The SMILES string of the molecule is O=C(C1CCOC1)N1CCC2(CC1)CN(c1cccnc1)c1ccccc12. The summed E-state index contributed by atoms with van der Waals surface area (Å²) in [6.07, 6.45) is 6.66. The molecule has 1 atom stereocenters. The number of carbonyl (C=O) groups is 1. The third-order valence-corrected chi connectivity index (χ3v) is 6.50. The number of para-hydroxylation sites is 1. The van der Waals surface area contributed by atoms with E-state index in [-0.39, 0.29) is 17.2 Å². The Morgan fingerprint density at radius 3 is 2.74 bits per heavy atom. The van der Waals surface area contributed by atoms with Crippen LogP contribution in [0.3, 0.4) is 0 Å². The molecule has 1 unspecified atom stereocenters. The van der Waals surface area contributed by atoms with E-state index in [1.54, 1.807) is 0 Å². The summed E-state index contributed by atoms with van der Waals surface area (Å²) in [6.45, 7) is 3.96. The van der Waals surface area contributed by atoms with Crippen molar-refractivity contribution in [1.29, 1.82) is 0 Å². The van der Waals surface area contributed by atoms with Crippen LogP contribution in [0.1, 0.15) is 24.8 Å². The summed E-state index contributed by atoms with van der Waals surface area (Å²) in [6, 6.07) is 12.9. The second-order valence-corrected chi connectivity index (χ2v) is 7.98. The fourth-order valence-electron chi connectivity index (χ4n) is 4.94. The number of amides is 1. The highest BCUT2D eigenvalue weighted by Gasteiger charge is 2.46. The molecular formula is C22H25N3O2. The van der Waals surface area contributed by atoms with E-state index in [0.717, 1.165) is 51.2 Å². The molecule has 5 heteroatoms. The van der Waals surface area contributed by atoms with E-state index in [4.69, 9.17) is 4.74 Å². The van der Waals surface area contributed by atoms with Gasteiger partial charge in [0.1, 0.15) is 0 Å². The Balaban J connectivity index is 1.39. The third-order valence-electron chi connectivity index (χ3n) is 6.50. The van der Waals surface area contributed by atoms with Crippen LogP contribution in [0, 0.1) is 5.92 Å². The number of hydrogen-bond donors (Lipinski definition) is 0. The van der Waals surface area contributed by atoms with Gasteiger partial charge in [0.25, 0.3) is 0 Å². The number of likely N-dealkylation sites (tertiary alicyclic amines) is 1. The Morgan fingerprint density at radius 2 is 2.00 bits per heavy atom. The third kappa shape index (κ3) is 2.81. The van der Waals surface area contributed by atoms with Crippen LogP contribution in [-0.2, 0) is 14.9 Å². The fraction of sp³-hybridized carbons (Fsp3) is 0.455. The number of nitrogens with zero attached hydrogens (tertiary/aromatic N) is 3. The summed E-state index contributed by atoms with van der Waals surface area (Å²) in [5.41, 5.74) is 3.97. The Kier molecular flexibility index (Phi) is 4.12. The summed E-state index contributed by atoms with van der Waals surface area (Å²) in [7, 11) is 0. The number of hydrogen-bond acceptors (Lipinski definition) is 4. The highest BCUT2D eigenvalue weighted by atomic mass is 16.5. The van der Waals surface area contributed by atoms with Gasteiger partial charge < -0.3 is 14.5 Å². The normalized spacial score (nSPS) is 23.6. The Labute approximate surface area is 159 Å². The summed E-state index contributed by atoms with van der Waals surface area (Å²) in [5, 5.41) is 0. The molecule has 0 saturated carbocycles. The average molecular weight is 363 g/mol. The molecule has 140 valence electrons. The van der Waals surface area contributed by atoms with Crippen LogP contribution in [0.15, 0.2) is 48.8 Å². The quantitative estimate of drug-likeness (QED) is 0.822. The minimum absolute atomic E-state index is 0.0711. The van der Waals surface area contributed by atoms with Gasteiger partial charge in [0, 0.05) is 43.5 Å². The maximum Gasteiger partial charge on any atom is 0.228 e. The molecule has 5 nitrogen and oxygen atoms in total. The number of anilines is 2. The summed E-state index contributed by atoms with van der Waals surface area (Å²) in [5.74, 6) is 0.361. The molecule has 2 fully saturated rings. The number of carbonyl (C=O) groups excluding carboxylic acids is 1. The van der Waals surface area contributed by atoms with Crippen LogP contribution in [0.4, 0.5) is 11.4 Å². The molecule has 1 spiro atoms. The van der Waals surface area contributed by atoms with E-state index in [1.807, 2.05) is 18.5 Å². The van der Waals surface area contributed by atoms with Gasteiger partial charge in [-0.05, 0) is 43.0 Å². The average Bonchev–Trinajstić information content (AvgIpc) is 3.37. The maximum atomic E-state index is 12.8. The molecule has 0 aliphatic carbocycles. The molecule has 1 aromatic heterocycles. The van der Waals surface area contributed by atoms with Crippen molar-refractivity contribution in [2.24, 2.45) is 5.92 Å². The molecule has 3 aliphatic heterocycles. The summed E-state index contributed by atoms with van der Waals surface area (Å²) < 4.78 is 5.41. The van der Waals surface area contributed by atoms with Crippen molar-refractivity contribution >= 4 is 17.3 Å². The monoisotopic (exact) mass is 363 g/mol. The van der Waals surface area contributed by atoms with Crippen LogP contribution in [0.2, 0.25) is 0 Å². The number of pyridine rings is 1. The number of rotatable bonds is 2. The van der Waals surface area contributed by atoms with Gasteiger partial charge in [-0.25, -0.2) is 0 Å². The minimum Gasteiger partial charge on any atom is -0.381 e. The second-order valence-electron chi connectivity index (χ2n) is 7.98. The van der Waals surface area contributed by atoms with Crippen LogP contribution >= 0.6 is 0 Å². The van der Waals surface area contributed by atoms with E-state index in [2.05, 4.69) is 45.1 Å². The highest BCUT2D eigenvalue weighted by molar-refractivity contribution is 5.79. The number of piperidine rings is 1. The molecule has 5 rings (SSSR count). The largest absolute Gasteiger partial charge is 0.381 e. The molecule has 0 bridgehead atoms. The first-order chi connectivity index (χ1) is 13.3. The molecule has 4 heterocycles. The lowest BCUT2D eigenvalue weighted by Gasteiger charge is -2.40. The van der Waals surface area contributed by atoms with Crippen LogP contribution < -0.4 is 4.90 Å². The molecule has 2 saturated heterocycles. The van der Waals surface area contributed by atoms with E-state index in [0.29, 0.717) is 6.61 Å². The molecule has 1 aromatic carbocycles. The van der Waals surface area contributed by atoms with Gasteiger partial charge in [0.15, 0.2) is 0 Å². The van der Waals surface area contributed by atoms with Gasteiger partial charge >= 0.3 is 0 Å². The van der Waals surface area contributed by atoms with Crippen molar-refractivity contribution in [3.05, 3.63) is 54.4 Å². The number of ether oxygens (including phenoxy) is 1. The van der Waals surface area contributed by atoms with Gasteiger partial charge in [0.05, 0.1) is 24.4 Å². The Hall–Kier alpha value is -2.40. The van der Waals surface area contributed by atoms with Crippen molar-refractivity contribution < 1.29 is 9.53 Å². The molecule has 0 N–H and O–H groups in total. The maximum absolute atomic E-state index is 12.8. The van der Waals surface area contributed by atoms with Crippen molar-refractivity contribution in [1.82, 2.24) is 9.88 Å². The predicted molar refractivity (Wildman–Crippen MR) is 104 cm³/mol. The van der Waals surface area contributed by atoms with Crippen molar-refractivity contribution in [2.45, 2.75) is 24.7 Å². The van der Waals surface area contributed by atoms with Crippen LogP contribution in [0.25, 0.3) is 0 Å². The molecule has 1 amide bonds. The van der Waals surface area contributed by atoms with Gasteiger partial charge in [-0.2, -0.15) is 0 Å². The number of aromatic nitrogens is 1. The lowest BCUT2D eigenvalue weighted by molar-refractivity contribution is -0.137. The van der Waals surface area contributed by atoms with Gasteiger partial charge in [-0.1, -0.05) is 18.2 Å². The standard InChI is InChI=1S/C22H25N3O2/c26-21(17-7-13-27-15-17)24-11-8-22(9-12-24)16-25(18-4-3-10-23-14-18)20-6-2-1-5-19(20)22/h1-6,10,14,17H,7-9,11-13,15-16H2. The number of fused-ring (bicyclic) bond motifs is 2. The molecule has 2 aromatic rings. The summed E-state index contributed by atoms with van der Waals surface area (Å²) in [4.78, 5) is 21.5. The van der Waals surface area contributed by atoms with E-state index < -0.39 is 0 Å². The lowest BCUT2D eigenvalue weighted by Crippen LogP contribution is -2.48. The molecule has 0 radical (unpaired) electrons. The van der Waals surface area contributed by atoms with Crippen LogP contribution in [0.5, 0.6) is 0 Å². The molecule has 3 aliphatic rings. The van der Waals surface area contributed by atoms with E-state index in [1.165, 1.54) is 11.3 Å². The highest BCUT2D eigenvalue weighted by Crippen LogP contribution is 2.49. The Morgan fingerprint density at radius 1 is 1.15 bits per heavy atom. The van der Waals surface area contributed by atoms with Crippen molar-refractivity contribution in [3.63, 3.8) is 0 Å². The first-order valence-corrected chi connectivity index (χ1v) is 9.90. The summed E-state index contributed by atoms with van der Waals surface area (Å²) >= 11 is 0. The van der Waals surface area contributed by atoms with E-state index in [9.17, 15) is 4.79 Å². The lowest BCUT2D eigenvalue weighted by atomic mass is 9.74. The zero-order valence-corrected chi connectivity index (χ0v) is 15.5. The zero-order chi connectivity index (χ0) is 18.3. The fourth-order valence-corrected chi connectivity index (χ4v) is 4.94. The topological polar surface area (TPSA) is 45.7 Å². The smallest absolute Gasteiger partial charge is 0.228 e. The van der Waals surface area contributed by atoms with Gasteiger partial charge in [0.2, 0.25) is 5.91 Å². The molecular weight excluding hydrogens is 338 g/mol. The molecule has 27 heavy (non-hydrogen) atoms. The zero-order valence-electron chi connectivity index (χ0n) is 15.5.